The maximum absolute atomic E-state index is 15.1. The van der Waals surface area contributed by atoms with Gasteiger partial charge < -0.3 is 4.57 Å². The zero-order valence-electron chi connectivity index (χ0n) is 27.0. The van der Waals surface area contributed by atoms with Crippen LogP contribution in [0.1, 0.15) is 71.0 Å². The van der Waals surface area contributed by atoms with Crippen LogP contribution in [0.5, 0.6) is 0 Å². The molecule has 3 atom stereocenters. The van der Waals surface area contributed by atoms with Crippen molar-refractivity contribution in [2.24, 2.45) is 0 Å². The number of Topliss-reactive ketones (excluding diaryl/α,β-unsaturated/α-hetero) is 1. The van der Waals surface area contributed by atoms with Gasteiger partial charge in [0.25, 0.3) is 5.16 Å². The summed E-state index contributed by atoms with van der Waals surface area (Å²) in [7, 11) is -4.90. The number of hydrogen-bond acceptors (Lipinski definition) is 5. The van der Waals surface area contributed by atoms with Crippen molar-refractivity contribution in [3.05, 3.63) is 165 Å². The third-order valence-corrected chi connectivity index (χ3v) is 12.4. The molecule has 5 aromatic rings. The Morgan fingerprint density at radius 2 is 1.17 bits per heavy atom. The van der Waals surface area contributed by atoms with E-state index in [4.69, 9.17) is 4.98 Å². The number of ketones is 1. The summed E-state index contributed by atoms with van der Waals surface area (Å²) < 4.78 is 28.7. The maximum atomic E-state index is 15.1. The lowest BCUT2D eigenvalue weighted by Crippen LogP contribution is -2.34. The molecule has 0 radical (unpaired) electrons. The molecule has 0 saturated heterocycles. The predicted molar refractivity (Wildman–Crippen MR) is 188 cm³/mol. The second-order valence-corrected chi connectivity index (χ2v) is 15.8. The normalized spacial score (nSPS) is 14.0. The number of nitrogens with zero attached hydrogens (tertiary/aromatic N) is 1. The molecule has 1 aromatic heterocycles. The van der Waals surface area contributed by atoms with E-state index in [9.17, 15) is 14.2 Å². The lowest BCUT2D eigenvalue weighted by atomic mass is 9.83. The van der Waals surface area contributed by atoms with Crippen LogP contribution in [0, 0.1) is 41.5 Å². The van der Waals surface area contributed by atoms with Gasteiger partial charge in [0.05, 0.1) is 6.16 Å². The van der Waals surface area contributed by atoms with Crippen LogP contribution in [0.15, 0.2) is 103 Å². The molecule has 3 unspecified atom stereocenters. The molecule has 46 heavy (non-hydrogen) atoms. The zero-order chi connectivity index (χ0) is 33.2. The second kappa shape index (κ2) is 13.2. The Kier molecular flexibility index (Phi) is 9.49. The smallest absolute Gasteiger partial charge is 0.310 e. The molecule has 1 heterocycles. The molecule has 0 aliphatic heterocycles. The number of aryl methyl sites for hydroxylation is 6. The van der Waals surface area contributed by atoms with Crippen LogP contribution in [0.2, 0.25) is 0 Å². The summed E-state index contributed by atoms with van der Waals surface area (Å²) in [6.07, 6.45) is -0.153. The van der Waals surface area contributed by atoms with Crippen molar-refractivity contribution >= 4 is 32.2 Å². The van der Waals surface area contributed by atoms with E-state index in [0.717, 1.165) is 33.4 Å². The SMILES string of the molecule is Cc1cc(C)c(C(=O)C([PH+]=O)(c2ccccc2)c2cccc(CP(=O)(C(=O)c3c(C)cc(C)cc3C)c3ccccc3)n2)c(C)c1. The van der Waals surface area contributed by atoms with Gasteiger partial charge >= 0.3 is 8.46 Å². The zero-order valence-corrected chi connectivity index (χ0v) is 28.9. The topological polar surface area (TPSA) is 81.2 Å². The molecular weight excluding hydrogens is 608 g/mol. The quantitative estimate of drug-likeness (QED) is 0.112. The molecule has 0 amide bonds. The minimum Gasteiger partial charge on any atom is -0.310 e. The summed E-state index contributed by atoms with van der Waals surface area (Å²) >= 11 is 0. The van der Waals surface area contributed by atoms with E-state index in [-0.39, 0.29) is 17.6 Å². The number of hydrogen-bond donors (Lipinski definition) is 0. The minimum absolute atomic E-state index is 0.153. The van der Waals surface area contributed by atoms with E-state index in [1.165, 1.54) is 0 Å². The monoisotopic (exact) mass is 646 g/mol. The molecular formula is C39H38NO4P2+. The van der Waals surface area contributed by atoms with Crippen LogP contribution >= 0.6 is 15.6 Å². The number of benzene rings is 4. The van der Waals surface area contributed by atoms with Crippen molar-refractivity contribution in [1.29, 1.82) is 0 Å². The minimum atomic E-state index is -3.79. The largest absolute Gasteiger partial charge is 0.350 e. The number of aromatic nitrogens is 1. The number of carbonyl (C=O) groups is 2. The fraction of sp³-hybridized carbons (Fsp3) is 0.205. The number of rotatable bonds is 10. The molecule has 0 bridgehead atoms. The average Bonchev–Trinajstić information content (AvgIpc) is 3.02. The van der Waals surface area contributed by atoms with Gasteiger partial charge in [0.15, 0.2) is 7.14 Å². The second-order valence-electron chi connectivity index (χ2n) is 12.1. The first kappa shape index (κ1) is 33.1. The molecule has 5 rings (SSSR count). The van der Waals surface area contributed by atoms with Crippen LogP contribution in [0.25, 0.3) is 0 Å². The molecule has 4 aromatic carbocycles. The number of carbonyl (C=O) groups excluding carboxylic acids is 2. The summed E-state index contributed by atoms with van der Waals surface area (Å²) in [6, 6.07) is 30.8. The van der Waals surface area contributed by atoms with Crippen molar-refractivity contribution < 1.29 is 18.7 Å². The molecule has 232 valence electrons. The standard InChI is InChI=1S/C39H37NO4P2/c1-25-20-27(3)35(28(4)21-25)37(41)39(45-43,31-14-9-7-10-15-31)34-19-13-16-32(40-34)24-46(44,33-17-11-8-12-18-33)38(42)36-29(5)22-26(2)23-30(36)6/h7-23H,24H2,1-6H3/p+1. The fourth-order valence-electron chi connectivity index (χ4n) is 6.62. The molecule has 0 spiro atoms. The van der Waals surface area contributed by atoms with E-state index in [0.29, 0.717) is 27.7 Å². The van der Waals surface area contributed by atoms with Crippen LogP contribution in [-0.4, -0.2) is 16.3 Å². The lowest BCUT2D eigenvalue weighted by molar-refractivity contribution is 0.0953. The van der Waals surface area contributed by atoms with Crippen molar-refractivity contribution in [2.75, 3.05) is 0 Å². The van der Waals surface area contributed by atoms with Crippen LogP contribution in [0.3, 0.4) is 0 Å². The first-order chi connectivity index (χ1) is 21.9. The van der Waals surface area contributed by atoms with Gasteiger partial charge in [-0.15, -0.1) is 0 Å². The molecule has 7 heteroatoms. The Morgan fingerprint density at radius 3 is 1.70 bits per heavy atom. The summed E-state index contributed by atoms with van der Waals surface area (Å²) in [5.74, 6) is -0.320. The highest BCUT2D eigenvalue weighted by molar-refractivity contribution is 7.86. The summed E-state index contributed by atoms with van der Waals surface area (Å²) in [5.41, 5.74) is 6.91. The first-order valence-corrected chi connectivity index (χ1v) is 18.0. The van der Waals surface area contributed by atoms with E-state index >= 15 is 4.57 Å². The van der Waals surface area contributed by atoms with Crippen molar-refractivity contribution in [3.8, 4) is 0 Å². The Morgan fingerprint density at radius 1 is 0.674 bits per heavy atom. The molecule has 0 aliphatic carbocycles. The third kappa shape index (κ3) is 5.98. The summed E-state index contributed by atoms with van der Waals surface area (Å²) in [5, 5.41) is -1.18. The lowest BCUT2D eigenvalue weighted by Gasteiger charge is -2.24. The molecule has 0 saturated carbocycles. The summed E-state index contributed by atoms with van der Waals surface area (Å²) in [4.78, 5) is 34.0. The maximum Gasteiger partial charge on any atom is 0.350 e. The number of pyridine rings is 1. The van der Waals surface area contributed by atoms with Crippen molar-refractivity contribution in [2.45, 2.75) is 52.9 Å². The van der Waals surface area contributed by atoms with Gasteiger partial charge in [-0.1, -0.05) is 107 Å². The van der Waals surface area contributed by atoms with Crippen LogP contribution in [-0.2, 0) is 20.4 Å². The Labute approximate surface area is 272 Å². The molecule has 0 N–H and O–H groups in total. The Hall–Kier alpha value is -4.30. The first-order valence-electron chi connectivity index (χ1n) is 15.2. The van der Waals surface area contributed by atoms with Crippen molar-refractivity contribution in [3.63, 3.8) is 0 Å². The van der Waals surface area contributed by atoms with Crippen molar-refractivity contribution in [1.82, 2.24) is 4.98 Å². The van der Waals surface area contributed by atoms with Gasteiger partial charge in [-0.05, 0) is 75.9 Å². The average molecular weight is 647 g/mol. The third-order valence-electron chi connectivity index (χ3n) is 8.57. The van der Waals surface area contributed by atoms with Gasteiger partial charge in [0, 0.05) is 27.7 Å². The predicted octanol–water partition coefficient (Wildman–Crippen LogP) is 9.11. The van der Waals surface area contributed by atoms with E-state index in [1.807, 2.05) is 90.1 Å². The van der Waals surface area contributed by atoms with Gasteiger partial charge in [0.1, 0.15) is 5.69 Å². The van der Waals surface area contributed by atoms with Crippen LogP contribution < -0.4 is 5.30 Å². The fourth-order valence-corrected chi connectivity index (χ4v) is 9.93. The van der Waals surface area contributed by atoms with Crippen LogP contribution in [0.4, 0.5) is 0 Å². The van der Waals surface area contributed by atoms with E-state index < -0.39 is 26.3 Å². The summed E-state index contributed by atoms with van der Waals surface area (Å²) in [6.45, 7) is 11.5. The van der Waals surface area contributed by atoms with Gasteiger partial charge in [-0.25, -0.2) is 0 Å². The Balaban J connectivity index is 1.70. The van der Waals surface area contributed by atoms with E-state index in [1.54, 1.807) is 54.6 Å². The van der Waals surface area contributed by atoms with E-state index in [2.05, 4.69) is 0 Å². The molecule has 0 aliphatic rings. The van der Waals surface area contributed by atoms with Gasteiger partial charge in [-0.3, -0.25) is 14.6 Å². The Bertz CT molecular complexity index is 1980. The van der Waals surface area contributed by atoms with Gasteiger partial charge in [-0.2, -0.15) is 0 Å². The highest BCUT2D eigenvalue weighted by Gasteiger charge is 2.53. The van der Waals surface area contributed by atoms with Gasteiger partial charge in [0.2, 0.25) is 11.3 Å². The molecule has 0 fully saturated rings. The highest BCUT2D eigenvalue weighted by atomic mass is 31.2. The highest BCUT2D eigenvalue weighted by Crippen LogP contribution is 2.52. The molecule has 5 nitrogen and oxygen atoms in total.